The van der Waals surface area contributed by atoms with E-state index in [1.54, 1.807) is 0 Å². The fourth-order valence-electron chi connectivity index (χ4n) is 3.29. The van der Waals surface area contributed by atoms with Crippen molar-refractivity contribution in [2.75, 3.05) is 13.7 Å². The Morgan fingerprint density at radius 2 is 2.05 bits per heavy atom. The van der Waals surface area contributed by atoms with Crippen molar-refractivity contribution in [1.29, 1.82) is 0 Å². The number of esters is 1. The van der Waals surface area contributed by atoms with Crippen molar-refractivity contribution in [3.05, 3.63) is 29.3 Å². The molecule has 1 aromatic rings. The Morgan fingerprint density at radius 1 is 1.38 bits per heavy atom. The number of carbonyl (C=O) groups excluding carboxylic acids is 1. The van der Waals surface area contributed by atoms with Crippen molar-refractivity contribution in [1.82, 2.24) is 0 Å². The summed E-state index contributed by atoms with van der Waals surface area (Å²) in [5.74, 6) is 0.780. The highest BCUT2D eigenvalue weighted by Crippen LogP contribution is 2.37. The zero-order valence-corrected chi connectivity index (χ0v) is 13.1. The molecule has 1 saturated carbocycles. The summed E-state index contributed by atoms with van der Waals surface area (Å²) >= 11 is 0. The van der Waals surface area contributed by atoms with E-state index in [0.29, 0.717) is 13.0 Å². The third kappa shape index (κ3) is 3.21. The summed E-state index contributed by atoms with van der Waals surface area (Å²) in [6, 6.07) is 6.11. The van der Waals surface area contributed by atoms with Crippen LogP contribution >= 0.6 is 0 Å². The molecule has 1 aliphatic rings. The van der Waals surface area contributed by atoms with Crippen LogP contribution in [-0.2, 0) is 9.53 Å². The average Bonchev–Trinajstić information content (AvgIpc) is 2.84. The van der Waals surface area contributed by atoms with Gasteiger partial charge in [0, 0.05) is 0 Å². The molecule has 0 bridgehead atoms. The van der Waals surface area contributed by atoms with Crippen LogP contribution in [0, 0.1) is 19.8 Å². The van der Waals surface area contributed by atoms with Crippen LogP contribution in [0.5, 0.6) is 5.75 Å². The first-order valence-electron chi connectivity index (χ1n) is 7.55. The second-order valence-electron chi connectivity index (χ2n) is 5.98. The van der Waals surface area contributed by atoms with Gasteiger partial charge in [0.05, 0.1) is 13.7 Å². The number of benzene rings is 1. The summed E-state index contributed by atoms with van der Waals surface area (Å²) in [4.78, 5) is 11.9. The molecule has 1 fully saturated rings. The molecule has 1 aromatic carbocycles. The van der Waals surface area contributed by atoms with Gasteiger partial charge in [-0.05, 0) is 50.2 Å². The van der Waals surface area contributed by atoms with Gasteiger partial charge in [-0.2, -0.15) is 0 Å². The number of hydrogen-bond donors (Lipinski definition) is 1. The van der Waals surface area contributed by atoms with Crippen molar-refractivity contribution >= 4 is 5.97 Å². The van der Waals surface area contributed by atoms with E-state index in [1.165, 1.54) is 7.11 Å². The molecule has 0 spiro atoms. The minimum Gasteiger partial charge on any atom is -0.493 e. The van der Waals surface area contributed by atoms with E-state index < -0.39 is 5.54 Å². The topological polar surface area (TPSA) is 61.5 Å². The van der Waals surface area contributed by atoms with Gasteiger partial charge in [-0.1, -0.05) is 24.6 Å². The van der Waals surface area contributed by atoms with Gasteiger partial charge in [-0.15, -0.1) is 0 Å². The molecule has 2 N–H and O–H groups in total. The van der Waals surface area contributed by atoms with E-state index in [-0.39, 0.29) is 11.9 Å². The molecule has 2 atom stereocenters. The number of ether oxygens (including phenoxy) is 2. The van der Waals surface area contributed by atoms with Crippen LogP contribution in [0.1, 0.15) is 36.8 Å². The molecule has 2 unspecified atom stereocenters. The minimum atomic E-state index is -0.834. The Labute approximate surface area is 126 Å². The number of nitrogens with two attached hydrogens (primary N) is 1. The molecular weight excluding hydrogens is 266 g/mol. The smallest absolute Gasteiger partial charge is 0.326 e. The standard InChI is InChI=1S/C17H25NO3/c1-12-6-4-7-13(2)15(12)21-11-9-14-8-5-10-17(14,18)16(19)20-3/h4,6-7,14H,5,8-11,18H2,1-3H3. The lowest BCUT2D eigenvalue weighted by Gasteiger charge is -2.28. The van der Waals surface area contributed by atoms with Gasteiger partial charge in [0.1, 0.15) is 11.3 Å². The third-order valence-corrected chi connectivity index (χ3v) is 4.56. The van der Waals surface area contributed by atoms with E-state index in [4.69, 9.17) is 15.2 Å². The number of aryl methyl sites for hydroxylation is 2. The van der Waals surface area contributed by atoms with Crippen LogP contribution in [0.25, 0.3) is 0 Å². The first-order chi connectivity index (χ1) is 9.99. The zero-order valence-electron chi connectivity index (χ0n) is 13.1. The molecule has 116 valence electrons. The second kappa shape index (κ2) is 6.48. The molecule has 0 aromatic heterocycles. The van der Waals surface area contributed by atoms with Crippen LogP contribution in [0.3, 0.4) is 0 Å². The number of para-hydroxylation sites is 1. The number of methoxy groups -OCH3 is 1. The first kappa shape index (κ1) is 15.8. The Morgan fingerprint density at radius 3 is 2.67 bits per heavy atom. The third-order valence-electron chi connectivity index (χ3n) is 4.56. The molecule has 0 heterocycles. The fraction of sp³-hybridized carbons (Fsp3) is 0.588. The Hall–Kier alpha value is -1.55. The summed E-state index contributed by atoms with van der Waals surface area (Å²) in [5.41, 5.74) is 7.70. The lowest BCUT2D eigenvalue weighted by atomic mass is 9.86. The number of hydrogen-bond acceptors (Lipinski definition) is 4. The Balaban J connectivity index is 1.96. The maximum atomic E-state index is 11.9. The quantitative estimate of drug-likeness (QED) is 0.847. The number of rotatable bonds is 5. The molecule has 2 rings (SSSR count). The van der Waals surface area contributed by atoms with Crippen LogP contribution in [0.15, 0.2) is 18.2 Å². The van der Waals surface area contributed by atoms with Crippen molar-refractivity contribution in [3.63, 3.8) is 0 Å². The molecule has 4 nitrogen and oxygen atoms in total. The maximum absolute atomic E-state index is 11.9. The van der Waals surface area contributed by atoms with Gasteiger partial charge < -0.3 is 15.2 Å². The summed E-state index contributed by atoms with van der Waals surface area (Å²) in [7, 11) is 1.40. The van der Waals surface area contributed by atoms with Crippen molar-refractivity contribution < 1.29 is 14.3 Å². The van der Waals surface area contributed by atoms with E-state index in [9.17, 15) is 4.79 Å². The molecule has 4 heteroatoms. The van der Waals surface area contributed by atoms with Gasteiger partial charge in [0.25, 0.3) is 0 Å². The predicted molar refractivity (Wildman–Crippen MR) is 82.3 cm³/mol. The van der Waals surface area contributed by atoms with Crippen LogP contribution in [0.4, 0.5) is 0 Å². The summed E-state index contributed by atoms with van der Waals surface area (Å²) < 4.78 is 10.8. The largest absolute Gasteiger partial charge is 0.493 e. The van der Waals surface area contributed by atoms with E-state index in [2.05, 4.69) is 0 Å². The SMILES string of the molecule is COC(=O)C1(N)CCCC1CCOc1c(C)cccc1C. The molecular formula is C17H25NO3. The van der Waals surface area contributed by atoms with Crippen molar-refractivity contribution in [2.45, 2.75) is 45.1 Å². The molecule has 0 amide bonds. The van der Waals surface area contributed by atoms with Gasteiger partial charge >= 0.3 is 5.97 Å². The monoisotopic (exact) mass is 291 g/mol. The highest BCUT2D eigenvalue weighted by Gasteiger charge is 2.46. The molecule has 1 aliphatic carbocycles. The van der Waals surface area contributed by atoms with Crippen LogP contribution < -0.4 is 10.5 Å². The predicted octanol–water partition coefficient (Wildman–Crippen LogP) is 2.74. The minimum absolute atomic E-state index is 0.134. The lowest BCUT2D eigenvalue weighted by molar-refractivity contribution is -0.148. The highest BCUT2D eigenvalue weighted by atomic mass is 16.5. The molecule has 0 radical (unpaired) electrons. The Kier molecular flexibility index (Phi) is 4.88. The Bertz CT molecular complexity index is 495. The van der Waals surface area contributed by atoms with E-state index in [1.807, 2.05) is 32.0 Å². The van der Waals surface area contributed by atoms with Crippen LogP contribution in [-0.4, -0.2) is 25.2 Å². The van der Waals surface area contributed by atoms with Crippen molar-refractivity contribution in [3.8, 4) is 5.75 Å². The number of carbonyl (C=O) groups is 1. The summed E-state index contributed by atoms with van der Waals surface area (Å²) in [6.45, 7) is 4.66. The second-order valence-corrected chi connectivity index (χ2v) is 5.98. The zero-order chi connectivity index (χ0) is 15.5. The normalized spacial score (nSPS) is 24.9. The maximum Gasteiger partial charge on any atom is 0.326 e. The van der Waals surface area contributed by atoms with Crippen LogP contribution in [0.2, 0.25) is 0 Å². The lowest BCUT2D eigenvalue weighted by Crippen LogP contribution is -2.52. The highest BCUT2D eigenvalue weighted by molar-refractivity contribution is 5.81. The summed E-state index contributed by atoms with van der Waals surface area (Å²) in [6.07, 6.45) is 3.41. The van der Waals surface area contributed by atoms with E-state index in [0.717, 1.165) is 36.1 Å². The van der Waals surface area contributed by atoms with Gasteiger partial charge in [0.2, 0.25) is 0 Å². The fourth-order valence-corrected chi connectivity index (χ4v) is 3.29. The molecule has 21 heavy (non-hydrogen) atoms. The first-order valence-corrected chi connectivity index (χ1v) is 7.55. The average molecular weight is 291 g/mol. The van der Waals surface area contributed by atoms with Gasteiger partial charge in [0.15, 0.2) is 0 Å². The van der Waals surface area contributed by atoms with Crippen molar-refractivity contribution in [2.24, 2.45) is 11.7 Å². The van der Waals surface area contributed by atoms with Gasteiger partial charge in [-0.25, -0.2) is 0 Å². The molecule has 0 saturated heterocycles. The van der Waals surface area contributed by atoms with Gasteiger partial charge in [-0.3, -0.25) is 4.79 Å². The molecule has 0 aliphatic heterocycles. The summed E-state index contributed by atoms with van der Waals surface area (Å²) in [5, 5.41) is 0. The van der Waals surface area contributed by atoms with E-state index >= 15 is 0 Å².